The second kappa shape index (κ2) is 9.54. The molecular weight excluding hydrogens is 304 g/mol. The molecule has 2 atom stereocenters. The van der Waals surface area contributed by atoms with Crippen LogP contribution in [0.15, 0.2) is 18.2 Å². The lowest BCUT2D eigenvalue weighted by Crippen LogP contribution is -2.34. The molecule has 1 rings (SSSR count). The van der Waals surface area contributed by atoms with Crippen LogP contribution in [0.25, 0.3) is 0 Å². The molecular formula is C16H27ClN2O3. The predicted molar refractivity (Wildman–Crippen MR) is 90.8 cm³/mol. The van der Waals surface area contributed by atoms with Gasteiger partial charge in [-0.3, -0.25) is 4.79 Å². The minimum Gasteiger partial charge on any atom is -0.493 e. The van der Waals surface area contributed by atoms with E-state index in [0.717, 1.165) is 5.56 Å². The summed E-state index contributed by atoms with van der Waals surface area (Å²) >= 11 is 0. The minimum absolute atomic E-state index is 0. The van der Waals surface area contributed by atoms with Crippen LogP contribution in [0, 0.1) is 5.92 Å². The monoisotopic (exact) mass is 330 g/mol. The smallest absolute Gasteiger partial charge is 0.224 e. The number of ether oxygens (including phenoxy) is 2. The lowest BCUT2D eigenvalue weighted by molar-refractivity contribution is -0.124. The molecule has 0 bridgehead atoms. The maximum atomic E-state index is 11.9. The van der Waals surface area contributed by atoms with Crippen molar-refractivity contribution >= 4 is 18.3 Å². The fraction of sp³-hybridized carbons (Fsp3) is 0.562. The Labute approximate surface area is 139 Å². The van der Waals surface area contributed by atoms with E-state index in [2.05, 4.69) is 5.32 Å². The summed E-state index contributed by atoms with van der Waals surface area (Å²) < 4.78 is 11.0. The molecule has 22 heavy (non-hydrogen) atoms. The third-order valence-electron chi connectivity index (χ3n) is 3.21. The number of halogens is 1. The van der Waals surface area contributed by atoms with Crippen LogP contribution in [-0.4, -0.2) is 25.7 Å². The molecule has 0 aromatic heterocycles. The molecule has 0 aliphatic carbocycles. The van der Waals surface area contributed by atoms with Gasteiger partial charge < -0.3 is 20.5 Å². The zero-order chi connectivity index (χ0) is 16.0. The summed E-state index contributed by atoms with van der Waals surface area (Å²) in [6.07, 6.45) is 0.0762. The van der Waals surface area contributed by atoms with Crippen molar-refractivity contribution in [2.24, 2.45) is 11.7 Å². The molecule has 126 valence electrons. The highest BCUT2D eigenvalue weighted by Crippen LogP contribution is 2.31. The normalized spacial score (nSPS) is 13.0. The van der Waals surface area contributed by atoms with Gasteiger partial charge in [0, 0.05) is 12.5 Å². The zero-order valence-electron chi connectivity index (χ0n) is 13.9. The number of amides is 1. The maximum Gasteiger partial charge on any atom is 0.224 e. The number of nitrogens with two attached hydrogens (primary N) is 1. The molecule has 0 radical (unpaired) electrons. The molecule has 0 spiro atoms. The Hall–Kier alpha value is -1.46. The van der Waals surface area contributed by atoms with E-state index in [0.29, 0.717) is 18.0 Å². The Morgan fingerprint density at radius 3 is 2.36 bits per heavy atom. The molecule has 0 saturated heterocycles. The SMILES string of the molecule is COc1cc(C(C)NC(=O)C(C)CN)ccc1OC(C)C.Cl. The summed E-state index contributed by atoms with van der Waals surface area (Å²) in [5, 5.41) is 2.94. The fourth-order valence-corrected chi connectivity index (χ4v) is 1.85. The molecule has 0 aliphatic rings. The van der Waals surface area contributed by atoms with Crippen molar-refractivity contribution in [1.29, 1.82) is 0 Å². The van der Waals surface area contributed by atoms with Gasteiger partial charge in [-0.25, -0.2) is 0 Å². The molecule has 1 aromatic rings. The lowest BCUT2D eigenvalue weighted by atomic mass is 10.1. The minimum atomic E-state index is -0.196. The van der Waals surface area contributed by atoms with E-state index in [9.17, 15) is 4.79 Å². The fourth-order valence-electron chi connectivity index (χ4n) is 1.85. The highest BCUT2D eigenvalue weighted by Gasteiger charge is 2.16. The van der Waals surface area contributed by atoms with Crippen molar-refractivity contribution in [3.05, 3.63) is 23.8 Å². The summed E-state index contributed by atoms with van der Waals surface area (Å²) in [4.78, 5) is 11.9. The molecule has 0 fully saturated rings. The first-order valence-corrected chi connectivity index (χ1v) is 7.24. The summed E-state index contributed by atoms with van der Waals surface area (Å²) in [6, 6.07) is 5.56. The standard InChI is InChI=1S/C16H26N2O3.ClH/c1-10(2)21-14-7-6-13(8-15(14)20-5)12(4)18-16(19)11(3)9-17;/h6-8,10-12H,9,17H2,1-5H3,(H,18,19);1H. The Kier molecular flexibility index (Phi) is 8.90. The first-order valence-electron chi connectivity index (χ1n) is 7.24. The van der Waals surface area contributed by atoms with E-state index in [1.165, 1.54) is 0 Å². The van der Waals surface area contributed by atoms with Crippen molar-refractivity contribution in [1.82, 2.24) is 5.32 Å². The van der Waals surface area contributed by atoms with E-state index >= 15 is 0 Å². The Morgan fingerprint density at radius 2 is 1.86 bits per heavy atom. The van der Waals surface area contributed by atoms with E-state index in [1.54, 1.807) is 7.11 Å². The first kappa shape index (κ1) is 20.5. The topological polar surface area (TPSA) is 73.6 Å². The average molecular weight is 331 g/mol. The number of rotatable bonds is 7. The maximum absolute atomic E-state index is 11.9. The molecule has 3 N–H and O–H groups in total. The number of methoxy groups -OCH3 is 1. The van der Waals surface area contributed by atoms with E-state index in [-0.39, 0.29) is 36.4 Å². The van der Waals surface area contributed by atoms with Gasteiger partial charge in [0.15, 0.2) is 11.5 Å². The van der Waals surface area contributed by atoms with Crippen LogP contribution >= 0.6 is 12.4 Å². The number of carbonyl (C=O) groups is 1. The lowest BCUT2D eigenvalue weighted by Gasteiger charge is -2.19. The molecule has 0 heterocycles. The van der Waals surface area contributed by atoms with Crippen LogP contribution in [0.3, 0.4) is 0 Å². The Morgan fingerprint density at radius 1 is 1.23 bits per heavy atom. The van der Waals surface area contributed by atoms with Crippen LogP contribution in [0.4, 0.5) is 0 Å². The van der Waals surface area contributed by atoms with Crippen LogP contribution in [0.5, 0.6) is 11.5 Å². The van der Waals surface area contributed by atoms with Gasteiger partial charge in [0.1, 0.15) is 0 Å². The first-order chi connectivity index (χ1) is 9.88. The third-order valence-corrected chi connectivity index (χ3v) is 3.21. The number of hydrogen-bond acceptors (Lipinski definition) is 4. The molecule has 1 amide bonds. The van der Waals surface area contributed by atoms with Gasteiger partial charge in [-0.1, -0.05) is 13.0 Å². The summed E-state index contributed by atoms with van der Waals surface area (Å²) in [5.41, 5.74) is 6.46. The summed E-state index contributed by atoms with van der Waals surface area (Å²) in [5.74, 6) is 1.11. The molecule has 2 unspecified atom stereocenters. The Balaban J connectivity index is 0.00000441. The number of hydrogen-bond donors (Lipinski definition) is 2. The van der Waals surface area contributed by atoms with Gasteiger partial charge in [0.2, 0.25) is 5.91 Å². The molecule has 5 nitrogen and oxygen atoms in total. The zero-order valence-corrected chi connectivity index (χ0v) is 14.7. The van der Waals surface area contributed by atoms with Gasteiger partial charge in [-0.05, 0) is 38.5 Å². The second-order valence-electron chi connectivity index (χ2n) is 5.44. The van der Waals surface area contributed by atoms with Gasteiger partial charge in [-0.2, -0.15) is 0 Å². The van der Waals surface area contributed by atoms with E-state index < -0.39 is 0 Å². The highest BCUT2D eigenvalue weighted by molar-refractivity contribution is 5.85. The molecule has 1 aromatic carbocycles. The summed E-state index contributed by atoms with van der Waals surface area (Å²) in [6.45, 7) is 8.00. The highest BCUT2D eigenvalue weighted by atomic mass is 35.5. The van der Waals surface area contributed by atoms with Gasteiger partial charge in [0.05, 0.1) is 19.3 Å². The van der Waals surface area contributed by atoms with Gasteiger partial charge >= 0.3 is 0 Å². The number of nitrogens with one attached hydrogen (secondary N) is 1. The van der Waals surface area contributed by atoms with Crippen LogP contribution in [0.2, 0.25) is 0 Å². The quantitative estimate of drug-likeness (QED) is 0.806. The van der Waals surface area contributed by atoms with Crippen molar-refractivity contribution in [2.45, 2.75) is 39.8 Å². The van der Waals surface area contributed by atoms with Crippen molar-refractivity contribution in [3.63, 3.8) is 0 Å². The summed E-state index contributed by atoms with van der Waals surface area (Å²) in [7, 11) is 1.60. The Bertz CT molecular complexity index is 480. The van der Waals surface area contributed by atoms with Crippen molar-refractivity contribution in [3.8, 4) is 11.5 Å². The number of benzene rings is 1. The van der Waals surface area contributed by atoms with Gasteiger partial charge in [0.25, 0.3) is 0 Å². The molecule has 6 heteroatoms. The van der Waals surface area contributed by atoms with Crippen LogP contribution < -0.4 is 20.5 Å². The second-order valence-corrected chi connectivity index (χ2v) is 5.44. The van der Waals surface area contributed by atoms with Crippen LogP contribution in [0.1, 0.15) is 39.3 Å². The van der Waals surface area contributed by atoms with Gasteiger partial charge in [-0.15, -0.1) is 12.4 Å². The van der Waals surface area contributed by atoms with Crippen LogP contribution in [-0.2, 0) is 4.79 Å². The number of carbonyl (C=O) groups excluding carboxylic acids is 1. The predicted octanol–water partition coefficient (Wildman–Crippen LogP) is 2.68. The average Bonchev–Trinajstić information content (AvgIpc) is 2.45. The van der Waals surface area contributed by atoms with Crippen molar-refractivity contribution < 1.29 is 14.3 Å². The van der Waals surface area contributed by atoms with Crippen molar-refractivity contribution in [2.75, 3.05) is 13.7 Å². The third kappa shape index (κ3) is 5.73. The van der Waals surface area contributed by atoms with E-state index in [4.69, 9.17) is 15.2 Å². The largest absolute Gasteiger partial charge is 0.493 e. The molecule has 0 aliphatic heterocycles. The molecule has 0 saturated carbocycles. The van der Waals surface area contributed by atoms with E-state index in [1.807, 2.05) is 45.9 Å².